The average molecular weight is 426 g/mol. The van der Waals surface area contributed by atoms with Gasteiger partial charge in [-0.25, -0.2) is 4.98 Å². The van der Waals surface area contributed by atoms with Crippen LogP contribution in [0.3, 0.4) is 0 Å². The van der Waals surface area contributed by atoms with Crippen LogP contribution in [-0.4, -0.2) is 46.0 Å². The molecule has 0 unspecified atom stereocenters. The van der Waals surface area contributed by atoms with Gasteiger partial charge in [0.1, 0.15) is 10.7 Å². The van der Waals surface area contributed by atoms with Gasteiger partial charge < -0.3 is 14.2 Å². The summed E-state index contributed by atoms with van der Waals surface area (Å²) in [5, 5.41) is 3.90. The molecule has 3 heterocycles. The Balaban J connectivity index is 1.51. The van der Waals surface area contributed by atoms with Crippen molar-refractivity contribution < 1.29 is 14.3 Å². The Morgan fingerprint density at radius 3 is 2.70 bits per heavy atom. The van der Waals surface area contributed by atoms with Crippen molar-refractivity contribution >= 4 is 34.1 Å². The molecule has 0 saturated carbocycles. The van der Waals surface area contributed by atoms with Crippen LogP contribution in [0.15, 0.2) is 35.7 Å². The molecule has 0 radical (unpaired) electrons. The Hall–Kier alpha value is -2.67. The summed E-state index contributed by atoms with van der Waals surface area (Å²) in [6.45, 7) is 6.41. The molecule has 1 fully saturated rings. The highest BCUT2D eigenvalue weighted by atomic mass is 32.1. The van der Waals surface area contributed by atoms with Gasteiger partial charge in [-0.3, -0.25) is 9.59 Å². The van der Waals surface area contributed by atoms with Gasteiger partial charge in [0, 0.05) is 35.9 Å². The molecule has 3 aromatic rings. The van der Waals surface area contributed by atoms with Crippen LogP contribution < -0.4 is 0 Å². The highest BCUT2D eigenvalue weighted by Crippen LogP contribution is 2.31. The second-order valence-electron chi connectivity index (χ2n) is 7.60. The van der Waals surface area contributed by atoms with Crippen LogP contribution in [0.2, 0.25) is 0 Å². The minimum Gasteiger partial charge on any atom is -0.466 e. The molecule has 158 valence electrons. The number of para-hydroxylation sites is 1. The number of hydrogen-bond acceptors (Lipinski definition) is 5. The van der Waals surface area contributed by atoms with Crippen molar-refractivity contribution in [3.8, 4) is 10.7 Å². The van der Waals surface area contributed by atoms with Gasteiger partial charge in [0.15, 0.2) is 0 Å². The van der Waals surface area contributed by atoms with Crippen LogP contribution in [-0.2, 0) is 16.1 Å². The van der Waals surface area contributed by atoms with Crippen LogP contribution in [0.5, 0.6) is 0 Å². The fourth-order valence-corrected chi connectivity index (χ4v) is 4.90. The molecule has 1 amide bonds. The van der Waals surface area contributed by atoms with E-state index in [0.717, 1.165) is 23.7 Å². The number of piperidine rings is 1. The number of aromatic nitrogens is 2. The summed E-state index contributed by atoms with van der Waals surface area (Å²) in [6, 6.07) is 10.5. The minimum absolute atomic E-state index is 0.0574. The van der Waals surface area contributed by atoms with Gasteiger partial charge in [-0.05, 0) is 38.3 Å². The lowest BCUT2D eigenvalue weighted by atomic mass is 9.97. The third kappa shape index (κ3) is 3.99. The number of hydrogen-bond donors (Lipinski definition) is 0. The molecule has 0 N–H and O–H groups in total. The number of nitrogens with zero attached hydrogens (tertiary/aromatic N) is 3. The Bertz CT molecular complexity index is 1050. The number of amides is 1. The summed E-state index contributed by atoms with van der Waals surface area (Å²) < 4.78 is 7.40. The first kappa shape index (κ1) is 20.6. The Kier molecular flexibility index (Phi) is 6.18. The molecule has 2 aromatic heterocycles. The number of carbonyl (C=O) groups is 2. The minimum atomic E-state index is -0.149. The lowest BCUT2D eigenvalue weighted by Crippen LogP contribution is -2.40. The van der Waals surface area contributed by atoms with Gasteiger partial charge in [-0.1, -0.05) is 25.1 Å². The number of ether oxygens (including phenoxy) is 1. The van der Waals surface area contributed by atoms with E-state index in [-0.39, 0.29) is 17.8 Å². The van der Waals surface area contributed by atoms with E-state index in [1.54, 1.807) is 4.90 Å². The standard InChI is InChI=1S/C23H27N3O3S/c1-3-11-26-19-8-6-5-7-17(19)14-20(26)21-24-18(15-30-21)22(27)25-12-9-16(10-13-25)23(28)29-4-2/h5-8,14-16H,3-4,9-13H2,1-2H3. The summed E-state index contributed by atoms with van der Waals surface area (Å²) in [6.07, 6.45) is 2.32. The molecule has 1 saturated heterocycles. The van der Waals surface area contributed by atoms with E-state index in [1.807, 2.05) is 18.4 Å². The second kappa shape index (κ2) is 9.00. The van der Waals surface area contributed by atoms with Gasteiger partial charge in [-0.2, -0.15) is 0 Å². The highest BCUT2D eigenvalue weighted by molar-refractivity contribution is 7.13. The van der Waals surface area contributed by atoms with E-state index < -0.39 is 0 Å². The smallest absolute Gasteiger partial charge is 0.309 e. The fourth-order valence-electron chi connectivity index (χ4n) is 4.08. The van der Waals surface area contributed by atoms with Crippen molar-refractivity contribution in [2.45, 2.75) is 39.7 Å². The molecular formula is C23H27N3O3S. The van der Waals surface area contributed by atoms with E-state index >= 15 is 0 Å². The topological polar surface area (TPSA) is 64.4 Å². The summed E-state index contributed by atoms with van der Waals surface area (Å²) in [4.78, 5) is 31.4. The molecule has 30 heavy (non-hydrogen) atoms. The lowest BCUT2D eigenvalue weighted by molar-refractivity contribution is -0.149. The maximum absolute atomic E-state index is 13.0. The summed E-state index contributed by atoms with van der Waals surface area (Å²) in [5.41, 5.74) is 2.74. The predicted molar refractivity (Wildman–Crippen MR) is 119 cm³/mol. The molecule has 1 aromatic carbocycles. The normalized spacial score (nSPS) is 14.9. The molecule has 0 atom stereocenters. The number of rotatable bonds is 6. The first-order valence-electron chi connectivity index (χ1n) is 10.6. The molecule has 1 aliphatic rings. The SMILES string of the molecule is CCCn1c(-c2nc(C(=O)N3CCC(C(=O)OCC)CC3)cs2)cc2ccccc21. The van der Waals surface area contributed by atoms with Crippen LogP contribution in [0.1, 0.15) is 43.6 Å². The number of aryl methyl sites for hydroxylation is 1. The molecule has 4 rings (SSSR count). The second-order valence-corrected chi connectivity index (χ2v) is 8.45. The van der Waals surface area contributed by atoms with Crippen molar-refractivity contribution in [3.05, 3.63) is 41.4 Å². The molecule has 0 spiro atoms. The zero-order valence-corrected chi connectivity index (χ0v) is 18.3. The van der Waals surface area contributed by atoms with E-state index in [1.165, 1.54) is 22.2 Å². The van der Waals surface area contributed by atoms with Gasteiger partial charge in [0.05, 0.1) is 18.2 Å². The highest BCUT2D eigenvalue weighted by Gasteiger charge is 2.29. The van der Waals surface area contributed by atoms with Crippen molar-refractivity contribution in [2.24, 2.45) is 5.92 Å². The third-order valence-corrected chi connectivity index (χ3v) is 6.47. The van der Waals surface area contributed by atoms with Crippen molar-refractivity contribution in [1.29, 1.82) is 0 Å². The van der Waals surface area contributed by atoms with E-state index in [9.17, 15) is 9.59 Å². The number of thiazole rings is 1. The zero-order chi connectivity index (χ0) is 21.1. The average Bonchev–Trinajstić information content (AvgIpc) is 3.39. The maximum Gasteiger partial charge on any atom is 0.309 e. The fraction of sp³-hybridized carbons (Fsp3) is 0.435. The van der Waals surface area contributed by atoms with Crippen LogP contribution in [0.4, 0.5) is 0 Å². The molecule has 0 bridgehead atoms. The summed E-state index contributed by atoms with van der Waals surface area (Å²) in [5.74, 6) is -0.313. The first-order valence-corrected chi connectivity index (χ1v) is 11.5. The molecule has 6 nitrogen and oxygen atoms in total. The number of fused-ring (bicyclic) bond motifs is 1. The predicted octanol–water partition coefficient (Wildman–Crippen LogP) is 4.59. The van der Waals surface area contributed by atoms with Gasteiger partial charge in [-0.15, -0.1) is 11.3 Å². The number of likely N-dealkylation sites (tertiary alicyclic amines) is 1. The van der Waals surface area contributed by atoms with Crippen LogP contribution >= 0.6 is 11.3 Å². The van der Waals surface area contributed by atoms with E-state index in [2.05, 4.69) is 35.8 Å². The summed E-state index contributed by atoms with van der Waals surface area (Å²) >= 11 is 1.51. The monoisotopic (exact) mass is 425 g/mol. The molecular weight excluding hydrogens is 398 g/mol. The van der Waals surface area contributed by atoms with Gasteiger partial charge >= 0.3 is 5.97 Å². The summed E-state index contributed by atoms with van der Waals surface area (Å²) in [7, 11) is 0. The number of benzene rings is 1. The van der Waals surface area contributed by atoms with E-state index in [0.29, 0.717) is 38.2 Å². The third-order valence-electron chi connectivity index (χ3n) is 5.60. The van der Waals surface area contributed by atoms with Gasteiger partial charge in [0.25, 0.3) is 5.91 Å². The maximum atomic E-state index is 13.0. The van der Waals surface area contributed by atoms with Crippen molar-refractivity contribution in [1.82, 2.24) is 14.5 Å². The molecule has 7 heteroatoms. The number of carbonyl (C=O) groups excluding carboxylic acids is 2. The lowest BCUT2D eigenvalue weighted by Gasteiger charge is -2.30. The van der Waals surface area contributed by atoms with Crippen molar-refractivity contribution in [3.63, 3.8) is 0 Å². The quantitative estimate of drug-likeness (QED) is 0.542. The van der Waals surface area contributed by atoms with Crippen LogP contribution in [0, 0.1) is 5.92 Å². The molecule has 1 aliphatic heterocycles. The van der Waals surface area contributed by atoms with Crippen molar-refractivity contribution in [2.75, 3.05) is 19.7 Å². The van der Waals surface area contributed by atoms with E-state index in [4.69, 9.17) is 9.72 Å². The van der Waals surface area contributed by atoms with Gasteiger partial charge in [0.2, 0.25) is 0 Å². The Morgan fingerprint density at radius 1 is 1.20 bits per heavy atom. The number of esters is 1. The Morgan fingerprint density at radius 2 is 1.97 bits per heavy atom. The molecule has 0 aliphatic carbocycles. The zero-order valence-electron chi connectivity index (χ0n) is 17.5. The van der Waals surface area contributed by atoms with Crippen LogP contribution in [0.25, 0.3) is 21.6 Å². The Labute approximate surface area is 180 Å². The first-order chi connectivity index (χ1) is 14.6. The largest absolute Gasteiger partial charge is 0.466 e.